The largest absolute Gasteiger partial charge is 0.407 e. The van der Waals surface area contributed by atoms with Gasteiger partial charge in [0.25, 0.3) is 0 Å². The summed E-state index contributed by atoms with van der Waals surface area (Å²) < 4.78 is 74.8. The maximum atomic E-state index is 12.4. The Balaban J connectivity index is 3.29. The first-order valence-corrected chi connectivity index (χ1v) is 4.30. The number of hydrogen-bond acceptors (Lipinski definition) is 3. The minimum Gasteiger partial charge on any atom is -0.324 e. The van der Waals surface area contributed by atoms with Gasteiger partial charge in [-0.15, -0.1) is 10.2 Å². The first-order chi connectivity index (χ1) is 7.59. The van der Waals surface area contributed by atoms with Crippen molar-refractivity contribution in [2.45, 2.75) is 24.8 Å². The van der Waals surface area contributed by atoms with Crippen molar-refractivity contribution in [1.29, 1.82) is 0 Å². The van der Waals surface area contributed by atoms with Crippen molar-refractivity contribution < 1.29 is 26.3 Å². The Hall–Kier alpha value is -1.32. The van der Waals surface area contributed by atoms with E-state index in [1.807, 2.05) is 0 Å². The highest BCUT2D eigenvalue weighted by atomic mass is 19.4. The highest BCUT2D eigenvalue weighted by molar-refractivity contribution is 5.07. The van der Waals surface area contributed by atoms with Crippen LogP contribution in [0, 0.1) is 0 Å². The minimum absolute atomic E-state index is 0.154. The van der Waals surface area contributed by atoms with Gasteiger partial charge in [-0.1, -0.05) is 0 Å². The molecule has 0 saturated heterocycles. The third-order valence-electron chi connectivity index (χ3n) is 2.09. The summed E-state index contributed by atoms with van der Waals surface area (Å²) in [4.78, 5) is 0. The lowest BCUT2D eigenvalue weighted by atomic mass is 10.1. The molecule has 1 rings (SSSR count). The Morgan fingerprint density at radius 3 is 1.88 bits per heavy atom. The summed E-state index contributed by atoms with van der Waals surface area (Å²) in [6, 6.07) is 0. The lowest BCUT2D eigenvalue weighted by Gasteiger charge is -2.21. The third-order valence-corrected chi connectivity index (χ3v) is 2.09. The topological polar surface area (TPSA) is 56.7 Å². The molecule has 2 N–H and O–H groups in total. The van der Waals surface area contributed by atoms with Gasteiger partial charge in [0.15, 0.2) is 5.82 Å². The van der Waals surface area contributed by atoms with Gasteiger partial charge in [0.05, 0.1) is 6.54 Å². The minimum atomic E-state index is -5.48. The lowest BCUT2D eigenvalue weighted by Crippen LogP contribution is -2.36. The molecule has 0 atom stereocenters. The fraction of sp³-hybridized carbons (Fsp3) is 0.714. The predicted octanol–water partition coefficient (Wildman–Crippen LogP) is 1.48. The highest BCUT2D eigenvalue weighted by Crippen LogP contribution is 2.45. The van der Waals surface area contributed by atoms with Crippen molar-refractivity contribution in [3.05, 3.63) is 11.6 Å². The zero-order chi connectivity index (χ0) is 13.4. The van der Waals surface area contributed by atoms with Crippen LogP contribution in [0.3, 0.4) is 0 Å². The van der Waals surface area contributed by atoms with Crippen LogP contribution >= 0.6 is 0 Å². The second kappa shape index (κ2) is 4.17. The molecule has 0 amide bonds. The fourth-order valence-corrected chi connectivity index (χ4v) is 1.28. The molecule has 0 unspecified atom stereocenters. The van der Waals surface area contributed by atoms with E-state index < -0.39 is 24.1 Å². The molecule has 10 heteroatoms. The van der Waals surface area contributed by atoms with Crippen molar-refractivity contribution in [3.63, 3.8) is 0 Å². The third kappa shape index (κ3) is 2.68. The molecule has 0 radical (unpaired) electrons. The van der Waals surface area contributed by atoms with Crippen LogP contribution in [0.4, 0.5) is 26.3 Å². The first kappa shape index (κ1) is 13.7. The lowest BCUT2D eigenvalue weighted by molar-refractivity contribution is -0.256. The molecule has 0 aliphatic rings. The Morgan fingerprint density at radius 1 is 1.12 bits per heavy atom. The van der Waals surface area contributed by atoms with E-state index in [9.17, 15) is 26.3 Å². The van der Waals surface area contributed by atoms with Crippen molar-refractivity contribution >= 4 is 0 Å². The van der Waals surface area contributed by atoms with Gasteiger partial charge < -0.3 is 10.3 Å². The Labute approximate surface area is 91.4 Å². The number of alkyl halides is 6. The normalized spacial score (nSPS) is 13.5. The van der Waals surface area contributed by atoms with E-state index in [1.165, 1.54) is 0 Å². The van der Waals surface area contributed by atoms with E-state index in [4.69, 9.17) is 5.73 Å². The number of halogens is 6. The standard InChI is InChI=1S/C7H8F6N4/c1-17-3(2-14)15-16-5(17)4(6(8,9)10)7(11,12)13/h4H,2,14H2,1H3. The average Bonchev–Trinajstić information content (AvgIpc) is 2.43. The smallest absolute Gasteiger partial charge is 0.324 e. The summed E-state index contributed by atoms with van der Waals surface area (Å²) in [6.07, 6.45) is -11.0. The number of nitrogens with zero attached hydrogens (tertiary/aromatic N) is 3. The summed E-state index contributed by atoms with van der Waals surface area (Å²) in [6.45, 7) is -0.300. The Bertz CT molecular complexity index is 378. The maximum Gasteiger partial charge on any atom is 0.407 e. The van der Waals surface area contributed by atoms with Gasteiger partial charge in [-0.3, -0.25) is 0 Å². The van der Waals surface area contributed by atoms with Crippen LogP contribution in [0.15, 0.2) is 0 Å². The predicted molar refractivity (Wildman–Crippen MR) is 43.7 cm³/mol. The summed E-state index contributed by atoms with van der Waals surface area (Å²) >= 11 is 0. The van der Waals surface area contributed by atoms with Crippen LogP contribution in [0.1, 0.15) is 17.6 Å². The van der Waals surface area contributed by atoms with Gasteiger partial charge in [-0.2, -0.15) is 26.3 Å². The second-order valence-corrected chi connectivity index (χ2v) is 3.25. The van der Waals surface area contributed by atoms with Crippen LogP contribution in [-0.2, 0) is 13.6 Å². The molecule has 0 spiro atoms. The summed E-state index contributed by atoms with van der Waals surface area (Å²) in [7, 11) is 1.00. The number of nitrogens with two attached hydrogens (primary N) is 1. The monoisotopic (exact) mass is 262 g/mol. The summed E-state index contributed by atoms with van der Waals surface area (Å²) in [5, 5.41) is 6.08. The van der Waals surface area contributed by atoms with Crippen LogP contribution < -0.4 is 5.73 Å². The van der Waals surface area contributed by atoms with Gasteiger partial charge >= 0.3 is 12.4 Å². The molecule has 0 aliphatic carbocycles. The van der Waals surface area contributed by atoms with Crippen LogP contribution in [0.2, 0.25) is 0 Å². The maximum absolute atomic E-state index is 12.4. The van der Waals surface area contributed by atoms with E-state index in [1.54, 1.807) is 0 Å². The number of hydrogen-bond donors (Lipinski definition) is 1. The van der Waals surface area contributed by atoms with Gasteiger partial charge in [0.2, 0.25) is 5.92 Å². The van der Waals surface area contributed by atoms with E-state index >= 15 is 0 Å². The van der Waals surface area contributed by atoms with E-state index in [0.29, 0.717) is 4.57 Å². The molecule has 0 aromatic carbocycles. The van der Waals surface area contributed by atoms with Crippen molar-refractivity contribution in [3.8, 4) is 0 Å². The molecule has 0 bridgehead atoms. The van der Waals surface area contributed by atoms with Crippen LogP contribution in [0.25, 0.3) is 0 Å². The molecule has 0 fully saturated rings. The zero-order valence-corrected chi connectivity index (χ0v) is 8.47. The highest BCUT2D eigenvalue weighted by Gasteiger charge is 2.60. The van der Waals surface area contributed by atoms with Crippen LogP contribution in [0.5, 0.6) is 0 Å². The van der Waals surface area contributed by atoms with Crippen molar-refractivity contribution in [1.82, 2.24) is 14.8 Å². The second-order valence-electron chi connectivity index (χ2n) is 3.25. The number of rotatable bonds is 2. The summed E-state index contributed by atoms with van der Waals surface area (Å²) in [5.74, 6) is -5.03. The van der Waals surface area contributed by atoms with Gasteiger partial charge in [-0.25, -0.2) is 0 Å². The van der Waals surface area contributed by atoms with Crippen molar-refractivity contribution in [2.24, 2.45) is 12.8 Å². The molecule has 1 heterocycles. The number of aromatic nitrogens is 3. The van der Waals surface area contributed by atoms with Gasteiger partial charge in [0.1, 0.15) is 5.82 Å². The molecule has 0 saturated carbocycles. The molecule has 1 aromatic heterocycles. The SMILES string of the molecule is Cn1c(CN)nnc1C(C(F)(F)F)C(F)(F)F. The molecular weight excluding hydrogens is 254 g/mol. The van der Waals surface area contributed by atoms with E-state index in [2.05, 4.69) is 10.2 Å². The van der Waals surface area contributed by atoms with Gasteiger partial charge in [0, 0.05) is 7.05 Å². The van der Waals surface area contributed by atoms with Crippen molar-refractivity contribution in [2.75, 3.05) is 0 Å². The fourth-order valence-electron chi connectivity index (χ4n) is 1.28. The van der Waals surface area contributed by atoms with Crippen LogP contribution in [-0.4, -0.2) is 27.1 Å². The Morgan fingerprint density at radius 2 is 1.59 bits per heavy atom. The molecular formula is C7H8F6N4. The molecule has 0 aliphatic heterocycles. The van der Waals surface area contributed by atoms with E-state index in [0.717, 1.165) is 7.05 Å². The molecule has 98 valence electrons. The van der Waals surface area contributed by atoms with Gasteiger partial charge in [-0.05, 0) is 0 Å². The molecule has 1 aromatic rings. The molecule has 17 heavy (non-hydrogen) atoms. The zero-order valence-electron chi connectivity index (χ0n) is 8.47. The quantitative estimate of drug-likeness (QED) is 0.821. The first-order valence-electron chi connectivity index (χ1n) is 4.30. The van der Waals surface area contributed by atoms with E-state index in [-0.39, 0.29) is 12.4 Å². The Kier molecular flexibility index (Phi) is 3.37. The average molecular weight is 262 g/mol. The summed E-state index contributed by atoms with van der Waals surface area (Å²) in [5.41, 5.74) is 5.10. The molecule has 4 nitrogen and oxygen atoms in total.